The number of nitrogens with zero attached hydrogens (tertiary/aromatic N) is 5. The lowest BCUT2D eigenvalue weighted by atomic mass is 9.88. The van der Waals surface area contributed by atoms with Crippen LogP contribution in [0.4, 0.5) is 0 Å². The van der Waals surface area contributed by atoms with Gasteiger partial charge in [-0.3, -0.25) is 0 Å². The molecule has 5 heteroatoms. The first-order valence-electron chi connectivity index (χ1n) is 19.3. The Morgan fingerprint density at radius 2 is 0.655 bits per heavy atom. The fourth-order valence-electron chi connectivity index (χ4n) is 7.52. The quantitative estimate of drug-likeness (QED) is 0.155. The molecule has 2 heterocycles. The fraction of sp³-hybridized carbons (Fsp3) is 0. The molecule has 0 saturated carbocycles. The van der Waals surface area contributed by atoms with E-state index in [0.717, 1.165) is 77.8 Å². The topological polar surface area (TPSA) is 64.5 Å². The Labute approximate surface area is 337 Å². The molecule has 0 N–H and O–H groups in total. The van der Waals surface area contributed by atoms with Crippen LogP contribution < -0.4 is 0 Å². The second kappa shape index (κ2) is 15.3. The molecule has 0 fully saturated rings. The zero-order valence-corrected chi connectivity index (χ0v) is 31.4. The van der Waals surface area contributed by atoms with E-state index >= 15 is 0 Å². The summed E-state index contributed by atoms with van der Waals surface area (Å²) in [6.45, 7) is 0. The minimum atomic E-state index is 0.620. The molecule has 0 amide bonds. The van der Waals surface area contributed by atoms with Crippen molar-refractivity contribution in [1.29, 1.82) is 0 Å². The van der Waals surface area contributed by atoms with Gasteiger partial charge in [0.1, 0.15) is 0 Å². The van der Waals surface area contributed by atoms with Crippen LogP contribution in [0.25, 0.3) is 101 Å². The van der Waals surface area contributed by atoms with Gasteiger partial charge >= 0.3 is 0 Å². The van der Waals surface area contributed by atoms with E-state index in [4.69, 9.17) is 24.9 Å². The Bertz CT molecular complexity index is 2910. The molecule has 0 unspecified atom stereocenters. The van der Waals surface area contributed by atoms with Crippen LogP contribution in [0.5, 0.6) is 0 Å². The van der Waals surface area contributed by atoms with Gasteiger partial charge < -0.3 is 0 Å². The first kappa shape index (κ1) is 34.6. The highest BCUT2D eigenvalue weighted by atomic mass is 15.0. The van der Waals surface area contributed by atoms with E-state index < -0.39 is 0 Å². The fourth-order valence-corrected chi connectivity index (χ4v) is 7.52. The largest absolute Gasteiger partial charge is 0.228 e. The van der Waals surface area contributed by atoms with Gasteiger partial charge in [0.05, 0.1) is 11.4 Å². The summed E-state index contributed by atoms with van der Waals surface area (Å²) in [6.07, 6.45) is 0. The molecule has 10 aromatic rings. The maximum absolute atomic E-state index is 5.21. The van der Waals surface area contributed by atoms with Crippen molar-refractivity contribution in [1.82, 2.24) is 24.9 Å². The molecule has 0 aliphatic rings. The highest BCUT2D eigenvalue weighted by Gasteiger charge is 2.20. The van der Waals surface area contributed by atoms with E-state index in [1.54, 1.807) is 0 Å². The highest BCUT2D eigenvalue weighted by Crippen LogP contribution is 2.42. The van der Waals surface area contributed by atoms with Crippen molar-refractivity contribution in [2.75, 3.05) is 0 Å². The maximum atomic E-state index is 5.21. The monoisotopic (exact) mass is 741 g/mol. The van der Waals surface area contributed by atoms with E-state index in [9.17, 15) is 0 Å². The molecule has 5 nitrogen and oxygen atoms in total. The molecule has 0 atom stereocenters. The van der Waals surface area contributed by atoms with E-state index in [1.807, 2.05) is 97.1 Å². The Morgan fingerprint density at radius 3 is 1.22 bits per heavy atom. The second-order valence-electron chi connectivity index (χ2n) is 14.1. The van der Waals surface area contributed by atoms with Crippen molar-refractivity contribution in [2.45, 2.75) is 0 Å². The van der Waals surface area contributed by atoms with E-state index in [-0.39, 0.29) is 0 Å². The van der Waals surface area contributed by atoms with Gasteiger partial charge in [-0.15, -0.1) is 0 Å². The summed E-state index contributed by atoms with van der Waals surface area (Å²) >= 11 is 0. The van der Waals surface area contributed by atoms with E-state index in [2.05, 4.69) is 115 Å². The summed E-state index contributed by atoms with van der Waals surface area (Å²) in [6, 6.07) is 72.8. The van der Waals surface area contributed by atoms with Crippen LogP contribution in [0, 0.1) is 0 Å². The van der Waals surface area contributed by atoms with Gasteiger partial charge in [-0.05, 0) is 39.1 Å². The van der Waals surface area contributed by atoms with Gasteiger partial charge in [0.15, 0.2) is 23.3 Å². The van der Waals surface area contributed by atoms with Gasteiger partial charge in [-0.2, -0.15) is 0 Å². The van der Waals surface area contributed by atoms with Gasteiger partial charge in [-0.1, -0.05) is 206 Å². The van der Waals surface area contributed by atoms with Crippen LogP contribution in [0.2, 0.25) is 0 Å². The standard InChI is InChI=1S/C53H35N5/c1-5-18-38(19-6-1)47-35-48(39-20-7-2-8-21-39)55-50(54-47)42-31-29-37(30-32-42)43-26-15-16-28-45(43)46-34-33-36-17-13-14-27-44(36)49(46)53-57-51(40-22-9-3-10-23-40)56-52(58-53)41-24-11-4-12-25-41/h1-35H. The predicted molar refractivity (Wildman–Crippen MR) is 236 cm³/mol. The molecule has 58 heavy (non-hydrogen) atoms. The Balaban J connectivity index is 1.11. The minimum Gasteiger partial charge on any atom is -0.228 e. The molecule has 0 aliphatic carbocycles. The van der Waals surface area contributed by atoms with Crippen LogP contribution in [0.15, 0.2) is 212 Å². The maximum Gasteiger partial charge on any atom is 0.165 e. The smallest absolute Gasteiger partial charge is 0.165 e. The van der Waals surface area contributed by atoms with Crippen molar-refractivity contribution < 1.29 is 0 Å². The summed E-state index contributed by atoms with van der Waals surface area (Å²) in [7, 11) is 0. The summed E-state index contributed by atoms with van der Waals surface area (Å²) < 4.78 is 0. The molecule has 10 rings (SSSR count). The van der Waals surface area contributed by atoms with E-state index in [1.165, 1.54) is 0 Å². The molecule has 0 saturated heterocycles. The highest BCUT2D eigenvalue weighted by molar-refractivity contribution is 6.05. The third-order valence-corrected chi connectivity index (χ3v) is 10.4. The zero-order valence-electron chi connectivity index (χ0n) is 31.4. The normalized spacial score (nSPS) is 11.1. The van der Waals surface area contributed by atoms with Crippen LogP contribution >= 0.6 is 0 Å². The average molecular weight is 742 g/mol. The van der Waals surface area contributed by atoms with Crippen LogP contribution in [-0.2, 0) is 0 Å². The Hall–Kier alpha value is -7.89. The number of hydrogen-bond acceptors (Lipinski definition) is 5. The lowest BCUT2D eigenvalue weighted by Crippen LogP contribution is -2.02. The van der Waals surface area contributed by atoms with Crippen molar-refractivity contribution in [3.8, 4) is 90.3 Å². The molecule has 0 spiro atoms. The third kappa shape index (κ3) is 6.82. The third-order valence-electron chi connectivity index (χ3n) is 10.4. The van der Waals surface area contributed by atoms with Gasteiger partial charge in [0.2, 0.25) is 0 Å². The van der Waals surface area contributed by atoms with Gasteiger partial charge in [-0.25, -0.2) is 24.9 Å². The molecule has 0 aliphatic heterocycles. The molecule has 2 aromatic heterocycles. The average Bonchev–Trinajstić information content (AvgIpc) is 3.32. The number of aromatic nitrogens is 5. The number of hydrogen-bond donors (Lipinski definition) is 0. The molecule has 0 radical (unpaired) electrons. The molecular formula is C53H35N5. The Morgan fingerprint density at radius 1 is 0.241 bits per heavy atom. The predicted octanol–water partition coefficient (Wildman–Crippen LogP) is 13.2. The van der Waals surface area contributed by atoms with Crippen molar-refractivity contribution in [2.24, 2.45) is 0 Å². The summed E-state index contributed by atoms with van der Waals surface area (Å²) in [5.74, 6) is 2.55. The first-order valence-corrected chi connectivity index (χ1v) is 19.3. The summed E-state index contributed by atoms with van der Waals surface area (Å²) in [4.78, 5) is 25.5. The summed E-state index contributed by atoms with van der Waals surface area (Å²) in [5, 5.41) is 2.18. The lowest BCUT2D eigenvalue weighted by Gasteiger charge is -2.17. The molecular weight excluding hydrogens is 707 g/mol. The SMILES string of the molecule is c1ccc(-c2cc(-c3ccccc3)nc(-c3ccc(-c4ccccc4-c4ccc5ccccc5c4-c4nc(-c5ccccc5)nc(-c5ccccc5)n4)cc3)n2)cc1. The zero-order chi connectivity index (χ0) is 38.7. The molecule has 8 aromatic carbocycles. The number of benzene rings is 8. The Kier molecular flexibility index (Phi) is 9.14. The van der Waals surface area contributed by atoms with Crippen LogP contribution in [-0.4, -0.2) is 24.9 Å². The van der Waals surface area contributed by atoms with Gasteiger partial charge in [0, 0.05) is 33.4 Å². The molecule has 0 bridgehead atoms. The van der Waals surface area contributed by atoms with Crippen LogP contribution in [0.1, 0.15) is 0 Å². The number of fused-ring (bicyclic) bond motifs is 1. The first-order chi connectivity index (χ1) is 28.7. The van der Waals surface area contributed by atoms with Crippen molar-refractivity contribution >= 4 is 10.8 Å². The summed E-state index contributed by atoms with van der Waals surface area (Å²) in [5.41, 5.74) is 11.9. The molecule has 272 valence electrons. The van der Waals surface area contributed by atoms with Crippen molar-refractivity contribution in [3.05, 3.63) is 212 Å². The van der Waals surface area contributed by atoms with Crippen LogP contribution in [0.3, 0.4) is 0 Å². The number of rotatable bonds is 8. The minimum absolute atomic E-state index is 0.620. The van der Waals surface area contributed by atoms with Gasteiger partial charge in [0.25, 0.3) is 0 Å². The second-order valence-corrected chi connectivity index (χ2v) is 14.1. The lowest BCUT2D eigenvalue weighted by molar-refractivity contribution is 1.08. The van der Waals surface area contributed by atoms with Crippen molar-refractivity contribution in [3.63, 3.8) is 0 Å². The van der Waals surface area contributed by atoms with E-state index in [0.29, 0.717) is 23.3 Å².